The quantitative estimate of drug-likeness (QED) is 0.769. The first-order chi connectivity index (χ1) is 9.47. The predicted molar refractivity (Wildman–Crippen MR) is 72.5 cm³/mol. The molecule has 0 saturated carbocycles. The van der Waals surface area contributed by atoms with Crippen LogP contribution in [0.15, 0.2) is 24.3 Å². The third-order valence-electron chi connectivity index (χ3n) is 2.79. The summed E-state index contributed by atoms with van der Waals surface area (Å²) in [7, 11) is 0. The molecule has 1 rings (SSSR count). The van der Waals surface area contributed by atoms with Gasteiger partial charge in [-0.05, 0) is 31.3 Å². The molecule has 0 heterocycles. The molecule has 5 heteroatoms. The van der Waals surface area contributed by atoms with Crippen LogP contribution in [0, 0.1) is 11.8 Å². The lowest BCUT2D eigenvalue weighted by Crippen LogP contribution is -2.22. The van der Waals surface area contributed by atoms with Crippen LogP contribution in [-0.2, 0) is 6.18 Å². The zero-order valence-electron chi connectivity index (χ0n) is 11.6. The molecule has 0 amide bonds. The van der Waals surface area contributed by atoms with E-state index in [1.807, 2.05) is 13.8 Å². The summed E-state index contributed by atoms with van der Waals surface area (Å²) in [5.74, 6) is 5.90. The Labute approximate surface area is 117 Å². The molecule has 0 aromatic heterocycles. The highest BCUT2D eigenvalue weighted by Crippen LogP contribution is 2.31. The molecule has 20 heavy (non-hydrogen) atoms. The van der Waals surface area contributed by atoms with Crippen LogP contribution >= 0.6 is 0 Å². The number of ether oxygens (including phenoxy) is 1. The van der Waals surface area contributed by atoms with E-state index in [-0.39, 0.29) is 12.4 Å². The van der Waals surface area contributed by atoms with Crippen molar-refractivity contribution in [1.82, 2.24) is 4.90 Å². The Morgan fingerprint density at radius 2 is 1.85 bits per heavy atom. The van der Waals surface area contributed by atoms with Crippen molar-refractivity contribution in [3.05, 3.63) is 29.8 Å². The van der Waals surface area contributed by atoms with Crippen molar-refractivity contribution in [3.63, 3.8) is 0 Å². The lowest BCUT2D eigenvalue weighted by Gasteiger charge is -2.13. The van der Waals surface area contributed by atoms with E-state index in [4.69, 9.17) is 4.74 Å². The molecule has 0 bridgehead atoms. The molecule has 0 unspecified atom stereocenters. The minimum atomic E-state index is -4.35. The van der Waals surface area contributed by atoms with Gasteiger partial charge >= 0.3 is 6.18 Å². The topological polar surface area (TPSA) is 12.5 Å². The van der Waals surface area contributed by atoms with Crippen LogP contribution in [-0.4, -0.2) is 31.1 Å². The van der Waals surface area contributed by atoms with E-state index in [9.17, 15) is 13.2 Å². The molecule has 0 saturated heterocycles. The summed E-state index contributed by atoms with van der Waals surface area (Å²) in [5.41, 5.74) is -0.717. The number of nitrogens with zero attached hydrogens (tertiary/aromatic N) is 1. The smallest absolute Gasteiger partial charge is 0.416 e. The molecule has 1 aromatic carbocycles. The predicted octanol–water partition coefficient (Wildman–Crippen LogP) is 3.43. The molecule has 0 atom stereocenters. The maximum atomic E-state index is 12.5. The Morgan fingerprint density at radius 1 is 1.15 bits per heavy atom. The fourth-order valence-electron chi connectivity index (χ4n) is 1.55. The van der Waals surface area contributed by atoms with Crippen molar-refractivity contribution >= 4 is 0 Å². The molecule has 0 fully saturated rings. The Bertz CT molecular complexity index is 470. The molecule has 0 spiro atoms. The first kappa shape index (κ1) is 16.4. The van der Waals surface area contributed by atoms with Crippen LogP contribution in [0.1, 0.15) is 19.4 Å². The zero-order valence-corrected chi connectivity index (χ0v) is 11.6. The van der Waals surface area contributed by atoms with Gasteiger partial charge in [-0.2, -0.15) is 13.2 Å². The number of benzene rings is 1. The normalized spacial score (nSPS) is 11.1. The minimum absolute atomic E-state index is 0.0859. The van der Waals surface area contributed by atoms with E-state index in [0.29, 0.717) is 6.54 Å². The number of hydrogen-bond acceptors (Lipinski definition) is 2. The van der Waals surface area contributed by atoms with E-state index >= 15 is 0 Å². The number of hydrogen-bond donors (Lipinski definition) is 0. The van der Waals surface area contributed by atoms with Gasteiger partial charge in [0.2, 0.25) is 0 Å². The molecule has 2 nitrogen and oxygen atoms in total. The van der Waals surface area contributed by atoms with Crippen molar-refractivity contribution in [3.8, 4) is 17.6 Å². The van der Waals surface area contributed by atoms with E-state index in [1.54, 1.807) is 0 Å². The molecule has 0 radical (unpaired) electrons. The maximum absolute atomic E-state index is 12.5. The summed E-state index contributed by atoms with van der Waals surface area (Å²) in [6.45, 7) is 6.65. The van der Waals surface area contributed by atoms with Gasteiger partial charge in [0.1, 0.15) is 12.4 Å². The molecule has 0 aliphatic rings. The third-order valence-corrected chi connectivity index (χ3v) is 2.79. The number of alkyl halides is 3. The van der Waals surface area contributed by atoms with Gasteiger partial charge in [-0.25, -0.2) is 0 Å². The SMILES string of the molecule is CCN(CC)CC#CCOc1cccc(C(F)(F)F)c1. The highest BCUT2D eigenvalue weighted by molar-refractivity contribution is 5.30. The summed E-state index contributed by atoms with van der Waals surface area (Å²) in [6.07, 6.45) is -4.35. The second kappa shape index (κ2) is 7.81. The standard InChI is InChI=1S/C15H18F3NO/c1-3-19(4-2)10-5-6-11-20-14-9-7-8-13(12-14)15(16,17)18/h7-9,12H,3-4,10-11H2,1-2H3. The molecule has 0 N–H and O–H groups in total. The van der Waals surface area contributed by atoms with Gasteiger partial charge in [-0.15, -0.1) is 0 Å². The Kier molecular flexibility index (Phi) is 6.40. The summed E-state index contributed by atoms with van der Waals surface area (Å²) in [6, 6.07) is 4.80. The lowest BCUT2D eigenvalue weighted by atomic mass is 10.2. The monoisotopic (exact) mass is 285 g/mol. The van der Waals surface area contributed by atoms with E-state index in [2.05, 4.69) is 16.7 Å². The van der Waals surface area contributed by atoms with Gasteiger partial charge in [0.15, 0.2) is 0 Å². The van der Waals surface area contributed by atoms with Gasteiger partial charge in [-0.3, -0.25) is 4.90 Å². The fraction of sp³-hybridized carbons (Fsp3) is 0.467. The second-order valence-electron chi connectivity index (χ2n) is 4.13. The highest BCUT2D eigenvalue weighted by Gasteiger charge is 2.30. The van der Waals surface area contributed by atoms with Crippen molar-refractivity contribution in [2.45, 2.75) is 20.0 Å². The van der Waals surface area contributed by atoms with Crippen molar-refractivity contribution in [1.29, 1.82) is 0 Å². The summed E-state index contributed by atoms with van der Waals surface area (Å²) in [4.78, 5) is 2.14. The van der Waals surface area contributed by atoms with Gasteiger partial charge in [0.05, 0.1) is 12.1 Å². The van der Waals surface area contributed by atoms with E-state index < -0.39 is 11.7 Å². The van der Waals surface area contributed by atoms with Gasteiger partial charge in [0, 0.05) is 0 Å². The van der Waals surface area contributed by atoms with Crippen molar-refractivity contribution in [2.24, 2.45) is 0 Å². The summed E-state index contributed by atoms with van der Waals surface area (Å²) < 4.78 is 42.7. The van der Waals surface area contributed by atoms with Crippen LogP contribution < -0.4 is 4.74 Å². The van der Waals surface area contributed by atoms with Gasteiger partial charge < -0.3 is 4.74 Å². The van der Waals surface area contributed by atoms with Gasteiger partial charge in [-0.1, -0.05) is 31.8 Å². The zero-order chi connectivity index (χ0) is 15.0. The Morgan fingerprint density at radius 3 is 2.45 bits per heavy atom. The van der Waals surface area contributed by atoms with E-state index in [0.717, 1.165) is 25.2 Å². The van der Waals surface area contributed by atoms with Crippen molar-refractivity contribution < 1.29 is 17.9 Å². The Hall–Kier alpha value is -1.67. The average molecular weight is 285 g/mol. The molecular formula is C15H18F3NO. The number of halogens is 3. The minimum Gasteiger partial charge on any atom is -0.481 e. The maximum Gasteiger partial charge on any atom is 0.416 e. The van der Waals surface area contributed by atoms with E-state index in [1.165, 1.54) is 12.1 Å². The van der Waals surface area contributed by atoms with Crippen LogP contribution in [0.4, 0.5) is 13.2 Å². The van der Waals surface area contributed by atoms with Crippen LogP contribution in [0.25, 0.3) is 0 Å². The van der Waals surface area contributed by atoms with Crippen LogP contribution in [0.2, 0.25) is 0 Å². The lowest BCUT2D eigenvalue weighted by molar-refractivity contribution is -0.137. The number of rotatable bonds is 5. The molecule has 0 aliphatic carbocycles. The summed E-state index contributed by atoms with van der Waals surface area (Å²) >= 11 is 0. The van der Waals surface area contributed by atoms with Crippen LogP contribution in [0.5, 0.6) is 5.75 Å². The molecule has 0 aliphatic heterocycles. The summed E-state index contributed by atoms with van der Waals surface area (Å²) in [5, 5.41) is 0. The first-order valence-corrected chi connectivity index (χ1v) is 6.45. The van der Waals surface area contributed by atoms with Crippen molar-refractivity contribution in [2.75, 3.05) is 26.2 Å². The second-order valence-corrected chi connectivity index (χ2v) is 4.13. The first-order valence-electron chi connectivity index (χ1n) is 6.45. The Balaban J connectivity index is 2.49. The molecule has 110 valence electrons. The van der Waals surface area contributed by atoms with Crippen LogP contribution in [0.3, 0.4) is 0 Å². The average Bonchev–Trinajstić information content (AvgIpc) is 2.42. The van der Waals surface area contributed by atoms with Gasteiger partial charge in [0.25, 0.3) is 0 Å². The largest absolute Gasteiger partial charge is 0.481 e. The fourth-order valence-corrected chi connectivity index (χ4v) is 1.55. The molecule has 1 aromatic rings. The highest BCUT2D eigenvalue weighted by atomic mass is 19.4. The third kappa shape index (κ3) is 5.54. The molecular weight excluding hydrogens is 267 g/mol.